The highest BCUT2D eigenvalue weighted by atomic mass is 19.4. The van der Waals surface area contributed by atoms with E-state index in [0.717, 1.165) is 12.1 Å². The van der Waals surface area contributed by atoms with Crippen molar-refractivity contribution in [3.63, 3.8) is 0 Å². The third-order valence-corrected chi connectivity index (χ3v) is 2.60. The maximum Gasteiger partial charge on any atom is 0.416 e. The Labute approximate surface area is 117 Å². The molecule has 0 bridgehead atoms. The van der Waals surface area contributed by atoms with Crippen LogP contribution in [0.4, 0.5) is 23.7 Å². The van der Waals surface area contributed by atoms with E-state index in [1.807, 2.05) is 5.32 Å². The molecule has 0 saturated heterocycles. The Morgan fingerprint density at radius 1 is 1.33 bits per heavy atom. The van der Waals surface area contributed by atoms with Crippen molar-refractivity contribution >= 4 is 17.7 Å². The molecule has 4 N–H and O–H groups in total. The summed E-state index contributed by atoms with van der Waals surface area (Å²) in [5.74, 6) is -1.46. The average Bonchev–Trinajstić information content (AvgIpc) is 2.36. The van der Waals surface area contributed by atoms with E-state index in [-0.39, 0.29) is 5.69 Å². The van der Waals surface area contributed by atoms with E-state index in [0.29, 0.717) is 5.56 Å². The fraction of sp³-hybridized carbons (Fsp3) is 0.333. The predicted octanol–water partition coefficient (Wildman–Crippen LogP) is 1.58. The molecular weight excluding hydrogens is 293 g/mol. The number of carboxylic acid groups (broad SMARTS) is 1. The van der Waals surface area contributed by atoms with Crippen LogP contribution in [0.5, 0.6) is 0 Å². The highest BCUT2D eigenvalue weighted by Gasteiger charge is 2.31. The lowest BCUT2D eigenvalue weighted by Gasteiger charge is -2.15. The van der Waals surface area contributed by atoms with Gasteiger partial charge in [0.1, 0.15) is 0 Å². The summed E-state index contributed by atoms with van der Waals surface area (Å²) in [6.45, 7) is 0.640. The smallest absolute Gasteiger partial charge is 0.416 e. The Morgan fingerprint density at radius 3 is 2.43 bits per heavy atom. The lowest BCUT2D eigenvalue weighted by atomic mass is 10.1. The zero-order valence-corrected chi connectivity index (χ0v) is 10.9. The fourth-order valence-electron chi connectivity index (χ4n) is 1.44. The first kappa shape index (κ1) is 16.8. The van der Waals surface area contributed by atoms with Crippen LogP contribution >= 0.6 is 0 Å². The second kappa shape index (κ2) is 6.44. The molecule has 1 aromatic rings. The van der Waals surface area contributed by atoms with Crippen LogP contribution in [0.3, 0.4) is 0 Å². The first-order chi connectivity index (χ1) is 9.65. The number of aliphatic hydroxyl groups excluding tert-OH is 1. The third kappa shape index (κ3) is 4.63. The SMILES string of the molecule is Cc1ccc(C(F)(F)F)cc1NC(=O)NC(CO)C(=O)O. The summed E-state index contributed by atoms with van der Waals surface area (Å²) in [6.07, 6.45) is -4.56. The normalized spacial score (nSPS) is 12.6. The number of aryl methyl sites for hydroxylation is 1. The molecule has 0 spiro atoms. The minimum atomic E-state index is -4.56. The van der Waals surface area contributed by atoms with Gasteiger partial charge < -0.3 is 20.8 Å². The Balaban J connectivity index is 2.87. The second-order valence-corrected chi connectivity index (χ2v) is 4.20. The van der Waals surface area contributed by atoms with E-state index in [4.69, 9.17) is 10.2 Å². The number of rotatable bonds is 4. The van der Waals surface area contributed by atoms with Crippen LogP contribution < -0.4 is 10.6 Å². The van der Waals surface area contributed by atoms with Crippen LogP contribution in [0.2, 0.25) is 0 Å². The van der Waals surface area contributed by atoms with Crippen molar-refractivity contribution in [3.8, 4) is 0 Å². The number of carboxylic acids is 1. The largest absolute Gasteiger partial charge is 0.480 e. The van der Waals surface area contributed by atoms with Crippen LogP contribution in [0, 0.1) is 6.92 Å². The van der Waals surface area contributed by atoms with E-state index in [9.17, 15) is 22.8 Å². The van der Waals surface area contributed by atoms with E-state index in [2.05, 4.69) is 5.32 Å². The lowest BCUT2D eigenvalue weighted by Crippen LogP contribution is -2.45. The molecule has 1 rings (SSSR count). The zero-order valence-electron chi connectivity index (χ0n) is 10.9. The van der Waals surface area contributed by atoms with E-state index in [1.165, 1.54) is 13.0 Å². The summed E-state index contributed by atoms with van der Waals surface area (Å²) in [7, 11) is 0. The maximum atomic E-state index is 12.6. The van der Waals surface area contributed by atoms with Gasteiger partial charge in [0.05, 0.1) is 12.2 Å². The number of urea groups is 1. The molecule has 0 aromatic heterocycles. The van der Waals surface area contributed by atoms with Crippen molar-refractivity contribution in [1.82, 2.24) is 5.32 Å². The van der Waals surface area contributed by atoms with Gasteiger partial charge >= 0.3 is 18.2 Å². The van der Waals surface area contributed by atoms with Gasteiger partial charge in [0.25, 0.3) is 0 Å². The first-order valence-electron chi connectivity index (χ1n) is 5.74. The van der Waals surface area contributed by atoms with Crippen LogP contribution in [0.15, 0.2) is 18.2 Å². The number of carbonyl (C=O) groups excluding carboxylic acids is 1. The second-order valence-electron chi connectivity index (χ2n) is 4.20. The zero-order chi connectivity index (χ0) is 16.2. The highest BCUT2D eigenvalue weighted by molar-refractivity contribution is 5.93. The third-order valence-electron chi connectivity index (χ3n) is 2.60. The number of carbonyl (C=O) groups is 2. The molecule has 1 aromatic carbocycles. The number of aliphatic hydroxyl groups is 1. The minimum absolute atomic E-state index is 0.107. The Hall–Kier alpha value is -2.29. The predicted molar refractivity (Wildman–Crippen MR) is 66.8 cm³/mol. The monoisotopic (exact) mass is 306 g/mol. The molecule has 9 heteroatoms. The number of amides is 2. The van der Waals surface area contributed by atoms with Crippen molar-refractivity contribution in [2.45, 2.75) is 19.1 Å². The number of aliphatic carboxylic acids is 1. The van der Waals surface area contributed by atoms with E-state index in [1.54, 1.807) is 0 Å². The van der Waals surface area contributed by atoms with Gasteiger partial charge in [-0.05, 0) is 24.6 Å². The van der Waals surface area contributed by atoms with Crippen molar-refractivity contribution in [2.24, 2.45) is 0 Å². The van der Waals surface area contributed by atoms with Gasteiger partial charge in [-0.2, -0.15) is 13.2 Å². The van der Waals surface area contributed by atoms with Gasteiger partial charge in [0, 0.05) is 5.69 Å². The number of benzene rings is 1. The highest BCUT2D eigenvalue weighted by Crippen LogP contribution is 2.31. The molecule has 0 heterocycles. The van der Waals surface area contributed by atoms with E-state index < -0.39 is 36.4 Å². The number of anilines is 1. The number of hydrogen-bond acceptors (Lipinski definition) is 3. The summed E-state index contributed by atoms with van der Waals surface area (Å²) in [5.41, 5.74) is -0.682. The average molecular weight is 306 g/mol. The number of alkyl halides is 3. The van der Waals surface area contributed by atoms with Crippen molar-refractivity contribution < 1.29 is 33.0 Å². The van der Waals surface area contributed by atoms with E-state index >= 15 is 0 Å². The van der Waals surface area contributed by atoms with Crippen molar-refractivity contribution in [1.29, 1.82) is 0 Å². The molecule has 21 heavy (non-hydrogen) atoms. The summed E-state index contributed by atoms with van der Waals surface area (Å²) >= 11 is 0. The van der Waals surface area contributed by atoms with Gasteiger partial charge in [0.15, 0.2) is 6.04 Å². The van der Waals surface area contributed by atoms with Crippen LogP contribution in [0.1, 0.15) is 11.1 Å². The number of halogens is 3. The van der Waals surface area contributed by atoms with Gasteiger partial charge in [-0.25, -0.2) is 9.59 Å². The molecule has 0 saturated carbocycles. The summed E-state index contributed by atoms with van der Waals surface area (Å²) in [6, 6.07) is 0.213. The number of nitrogens with one attached hydrogen (secondary N) is 2. The quantitative estimate of drug-likeness (QED) is 0.679. The molecule has 116 valence electrons. The van der Waals surface area contributed by atoms with Gasteiger partial charge in [0.2, 0.25) is 0 Å². The van der Waals surface area contributed by atoms with Crippen molar-refractivity contribution in [2.75, 3.05) is 11.9 Å². The maximum absolute atomic E-state index is 12.6. The number of hydrogen-bond donors (Lipinski definition) is 4. The molecule has 1 unspecified atom stereocenters. The molecule has 0 aliphatic heterocycles. The molecule has 0 radical (unpaired) electrons. The van der Waals surface area contributed by atoms with Gasteiger partial charge in [-0.1, -0.05) is 6.07 Å². The first-order valence-corrected chi connectivity index (χ1v) is 5.74. The van der Waals surface area contributed by atoms with Crippen LogP contribution in [-0.2, 0) is 11.0 Å². The molecule has 0 aliphatic carbocycles. The lowest BCUT2D eigenvalue weighted by molar-refractivity contribution is -0.140. The van der Waals surface area contributed by atoms with Gasteiger partial charge in [-0.3, -0.25) is 0 Å². The summed E-state index contributed by atoms with van der Waals surface area (Å²) in [4.78, 5) is 22.1. The summed E-state index contributed by atoms with van der Waals surface area (Å²) < 4.78 is 37.7. The molecule has 1 atom stereocenters. The Bertz CT molecular complexity index is 546. The minimum Gasteiger partial charge on any atom is -0.480 e. The standard InChI is InChI=1S/C12H13F3N2O4/c1-6-2-3-7(12(13,14)15)4-8(6)16-11(21)17-9(5-18)10(19)20/h2-4,9,18H,5H2,1H3,(H,19,20)(H2,16,17,21). The van der Waals surface area contributed by atoms with Crippen LogP contribution in [-0.4, -0.2) is 34.9 Å². The molecule has 0 fully saturated rings. The Kier molecular flexibility index (Phi) is 5.14. The van der Waals surface area contributed by atoms with Crippen molar-refractivity contribution in [3.05, 3.63) is 29.3 Å². The molecule has 0 aliphatic rings. The fourth-order valence-corrected chi connectivity index (χ4v) is 1.44. The van der Waals surface area contributed by atoms with Gasteiger partial charge in [-0.15, -0.1) is 0 Å². The molecule has 6 nitrogen and oxygen atoms in total. The Morgan fingerprint density at radius 2 is 1.95 bits per heavy atom. The molecular formula is C12H13F3N2O4. The topological polar surface area (TPSA) is 98.7 Å². The molecule has 2 amide bonds. The summed E-state index contributed by atoms with van der Waals surface area (Å²) in [5, 5.41) is 21.4. The van der Waals surface area contributed by atoms with Crippen LogP contribution in [0.25, 0.3) is 0 Å².